The fourth-order valence-corrected chi connectivity index (χ4v) is 3.00. The number of amides is 1. The van der Waals surface area contributed by atoms with Crippen LogP contribution >= 0.6 is 12.4 Å². The van der Waals surface area contributed by atoms with Gasteiger partial charge in [0.15, 0.2) is 0 Å². The van der Waals surface area contributed by atoms with Crippen LogP contribution in [0.3, 0.4) is 0 Å². The highest BCUT2D eigenvalue weighted by Crippen LogP contribution is 2.22. The lowest BCUT2D eigenvalue weighted by atomic mass is 9.94. The van der Waals surface area contributed by atoms with Crippen molar-refractivity contribution in [2.45, 2.75) is 19.4 Å². The molecule has 0 radical (unpaired) electrons. The quantitative estimate of drug-likeness (QED) is 0.874. The maximum Gasteiger partial charge on any atom is 0.255 e. The van der Waals surface area contributed by atoms with Crippen molar-refractivity contribution in [3.8, 4) is 5.75 Å². The molecule has 1 aliphatic heterocycles. The van der Waals surface area contributed by atoms with E-state index in [1.807, 2.05) is 31.2 Å². The molecular weight excluding hydrogens is 324 g/mol. The summed E-state index contributed by atoms with van der Waals surface area (Å²) in [6.07, 6.45) is 1.04. The van der Waals surface area contributed by atoms with Crippen LogP contribution in [0.2, 0.25) is 0 Å². The van der Waals surface area contributed by atoms with Gasteiger partial charge >= 0.3 is 0 Å². The van der Waals surface area contributed by atoms with Crippen LogP contribution in [0.4, 0.5) is 0 Å². The summed E-state index contributed by atoms with van der Waals surface area (Å²) in [7, 11) is 0. The van der Waals surface area contributed by atoms with Gasteiger partial charge in [-0.2, -0.15) is 0 Å². The first-order valence-corrected chi connectivity index (χ1v) is 8.10. The molecule has 0 aromatic heterocycles. The van der Waals surface area contributed by atoms with Gasteiger partial charge in [0.2, 0.25) is 0 Å². The molecule has 0 fully saturated rings. The normalized spacial score (nSPS) is 15.8. The minimum absolute atomic E-state index is 0. The van der Waals surface area contributed by atoms with Crippen molar-refractivity contribution in [3.05, 3.63) is 65.2 Å². The highest BCUT2D eigenvalue weighted by atomic mass is 35.5. The molecule has 1 heterocycles. The van der Waals surface area contributed by atoms with Gasteiger partial charge in [0, 0.05) is 12.6 Å². The minimum Gasteiger partial charge on any atom is -0.493 e. The zero-order chi connectivity index (χ0) is 16.1. The van der Waals surface area contributed by atoms with Gasteiger partial charge in [-0.3, -0.25) is 4.79 Å². The average Bonchev–Trinajstić information content (AvgIpc) is 2.60. The first-order chi connectivity index (χ1) is 11.3. The Morgan fingerprint density at radius 2 is 1.96 bits per heavy atom. The van der Waals surface area contributed by atoms with Crippen molar-refractivity contribution < 1.29 is 9.53 Å². The van der Waals surface area contributed by atoms with E-state index in [2.05, 4.69) is 28.8 Å². The zero-order valence-corrected chi connectivity index (χ0v) is 14.6. The number of carbonyl (C=O) groups excluding carboxylic acids is 1. The molecule has 2 aromatic rings. The second kappa shape index (κ2) is 8.71. The fraction of sp³-hybridized carbons (Fsp3) is 0.316. The minimum atomic E-state index is -0.0982. The van der Waals surface area contributed by atoms with Gasteiger partial charge in [-0.15, -0.1) is 12.4 Å². The summed E-state index contributed by atoms with van der Waals surface area (Å²) >= 11 is 0. The largest absolute Gasteiger partial charge is 0.493 e. The molecule has 5 heteroatoms. The average molecular weight is 347 g/mol. The van der Waals surface area contributed by atoms with Crippen molar-refractivity contribution >= 4 is 18.3 Å². The van der Waals surface area contributed by atoms with Gasteiger partial charge in [-0.05, 0) is 43.1 Å². The maximum absolute atomic E-state index is 12.5. The van der Waals surface area contributed by atoms with Gasteiger partial charge in [0.1, 0.15) is 5.75 Å². The van der Waals surface area contributed by atoms with E-state index < -0.39 is 0 Å². The highest BCUT2D eigenvalue weighted by molar-refractivity contribution is 5.96. The molecule has 2 aromatic carbocycles. The van der Waals surface area contributed by atoms with Crippen LogP contribution in [-0.2, 0) is 6.42 Å². The van der Waals surface area contributed by atoms with E-state index in [4.69, 9.17) is 4.74 Å². The number of rotatable bonds is 5. The van der Waals surface area contributed by atoms with E-state index >= 15 is 0 Å². The Bertz CT molecular complexity index is 691. The lowest BCUT2D eigenvalue weighted by molar-refractivity contribution is 0.0945. The molecule has 0 aliphatic carbocycles. The SMILES string of the molecule is CCOc1ccccc1C(=O)NCC1NCCc2ccccc21.Cl. The monoisotopic (exact) mass is 346 g/mol. The second-order valence-corrected chi connectivity index (χ2v) is 5.59. The van der Waals surface area contributed by atoms with Crippen LogP contribution in [0.1, 0.15) is 34.5 Å². The van der Waals surface area contributed by atoms with Gasteiger partial charge < -0.3 is 15.4 Å². The topological polar surface area (TPSA) is 50.4 Å². The van der Waals surface area contributed by atoms with Crippen molar-refractivity contribution in [3.63, 3.8) is 0 Å². The smallest absolute Gasteiger partial charge is 0.255 e. The third-order valence-electron chi connectivity index (χ3n) is 4.11. The number of fused-ring (bicyclic) bond motifs is 1. The van der Waals surface area contributed by atoms with Crippen molar-refractivity contribution in [1.29, 1.82) is 0 Å². The molecule has 0 saturated heterocycles. The predicted octanol–water partition coefficient (Wildman–Crippen LogP) is 3.12. The van der Waals surface area contributed by atoms with Crippen molar-refractivity contribution in [1.82, 2.24) is 10.6 Å². The summed E-state index contributed by atoms with van der Waals surface area (Å²) in [4.78, 5) is 12.5. The van der Waals surface area contributed by atoms with E-state index in [1.54, 1.807) is 6.07 Å². The van der Waals surface area contributed by atoms with E-state index in [0.29, 0.717) is 24.5 Å². The molecule has 1 unspecified atom stereocenters. The lowest BCUT2D eigenvalue weighted by Crippen LogP contribution is -2.38. The Hall–Kier alpha value is -2.04. The summed E-state index contributed by atoms with van der Waals surface area (Å²) in [5.74, 6) is 0.531. The summed E-state index contributed by atoms with van der Waals surface area (Å²) < 4.78 is 5.53. The number of nitrogens with one attached hydrogen (secondary N) is 2. The molecule has 2 N–H and O–H groups in total. The van der Waals surface area contributed by atoms with Crippen LogP contribution in [0, 0.1) is 0 Å². The number of para-hydroxylation sites is 1. The summed E-state index contributed by atoms with van der Waals surface area (Å²) in [6.45, 7) is 3.96. The third kappa shape index (κ3) is 4.08. The number of hydrogen-bond donors (Lipinski definition) is 2. The fourth-order valence-electron chi connectivity index (χ4n) is 3.00. The van der Waals surface area contributed by atoms with Gasteiger partial charge in [-0.1, -0.05) is 36.4 Å². The zero-order valence-electron chi connectivity index (χ0n) is 13.7. The number of halogens is 1. The lowest BCUT2D eigenvalue weighted by Gasteiger charge is -2.27. The number of benzene rings is 2. The van der Waals surface area contributed by atoms with Gasteiger partial charge in [0.25, 0.3) is 5.91 Å². The Morgan fingerprint density at radius 1 is 1.21 bits per heavy atom. The van der Waals surface area contributed by atoms with E-state index in [0.717, 1.165) is 13.0 Å². The summed E-state index contributed by atoms with van der Waals surface area (Å²) in [5, 5.41) is 6.50. The first kappa shape index (κ1) is 18.3. The molecule has 1 atom stereocenters. The van der Waals surface area contributed by atoms with E-state index in [1.165, 1.54) is 11.1 Å². The number of ether oxygens (including phenoxy) is 1. The number of hydrogen-bond acceptors (Lipinski definition) is 3. The highest BCUT2D eigenvalue weighted by Gasteiger charge is 2.20. The predicted molar refractivity (Wildman–Crippen MR) is 98.1 cm³/mol. The molecule has 24 heavy (non-hydrogen) atoms. The summed E-state index contributed by atoms with van der Waals surface area (Å²) in [5.41, 5.74) is 3.22. The molecule has 1 aliphatic rings. The Kier molecular flexibility index (Phi) is 6.64. The van der Waals surface area contributed by atoms with Crippen LogP contribution < -0.4 is 15.4 Å². The standard InChI is InChI=1S/C19H22N2O2.ClH/c1-2-23-18-10-6-5-9-16(18)19(22)21-13-17-15-8-4-3-7-14(15)11-12-20-17;/h3-10,17,20H,2,11-13H2,1H3,(H,21,22);1H. The molecule has 0 bridgehead atoms. The number of carbonyl (C=O) groups is 1. The van der Waals surface area contributed by atoms with Crippen LogP contribution in [-0.4, -0.2) is 25.6 Å². The maximum atomic E-state index is 12.5. The van der Waals surface area contributed by atoms with Crippen LogP contribution in [0.5, 0.6) is 5.75 Å². The van der Waals surface area contributed by atoms with Crippen molar-refractivity contribution in [2.24, 2.45) is 0 Å². The molecular formula is C19H23ClN2O2. The van der Waals surface area contributed by atoms with E-state index in [-0.39, 0.29) is 24.4 Å². The van der Waals surface area contributed by atoms with Crippen molar-refractivity contribution in [2.75, 3.05) is 19.7 Å². The van der Waals surface area contributed by atoms with Crippen LogP contribution in [0.25, 0.3) is 0 Å². The molecule has 3 rings (SSSR count). The molecule has 1 amide bonds. The van der Waals surface area contributed by atoms with E-state index in [9.17, 15) is 4.79 Å². The summed E-state index contributed by atoms with van der Waals surface area (Å²) in [6, 6.07) is 15.9. The van der Waals surface area contributed by atoms with Gasteiger partial charge in [-0.25, -0.2) is 0 Å². The Balaban J connectivity index is 0.00000208. The molecule has 0 spiro atoms. The molecule has 4 nitrogen and oxygen atoms in total. The third-order valence-corrected chi connectivity index (χ3v) is 4.11. The molecule has 128 valence electrons. The Morgan fingerprint density at radius 3 is 2.79 bits per heavy atom. The molecule has 0 saturated carbocycles. The Labute approximate surface area is 149 Å². The second-order valence-electron chi connectivity index (χ2n) is 5.59. The van der Waals surface area contributed by atoms with Crippen LogP contribution in [0.15, 0.2) is 48.5 Å². The first-order valence-electron chi connectivity index (χ1n) is 8.10. The van der Waals surface area contributed by atoms with Gasteiger partial charge in [0.05, 0.1) is 12.2 Å².